The zero-order chi connectivity index (χ0) is 14.5. The fourth-order valence-electron chi connectivity index (χ4n) is 3.15. The molecule has 104 valence electrons. The highest BCUT2D eigenvalue weighted by Crippen LogP contribution is 2.64. The molecule has 1 N–H and O–H groups in total. The number of hydrogen-bond acceptors (Lipinski definition) is 2. The number of aliphatic carboxylic acids is 1. The van der Waals surface area contributed by atoms with E-state index in [2.05, 4.69) is 5.10 Å². The lowest BCUT2D eigenvalue weighted by Crippen LogP contribution is -2.28. The first-order chi connectivity index (χ1) is 9.38. The summed E-state index contributed by atoms with van der Waals surface area (Å²) >= 11 is 0. The van der Waals surface area contributed by atoms with Gasteiger partial charge in [-0.3, -0.25) is 9.48 Å². The number of benzene rings is 1. The molecule has 1 saturated carbocycles. The summed E-state index contributed by atoms with van der Waals surface area (Å²) in [6.45, 7) is 3.99. The molecule has 1 aromatic carbocycles. The fraction of sp³-hybridized carbons (Fsp3) is 0.375. The molecule has 1 unspecified atom stereocenters. The number of carbonyl (C=O) groups is 1. The number of nitrogens with zero attached hydrogens (tertiary/aromatic N) is 2. The average Bonchev–Trinajstić information content (AvgIpc) is 2.78. The van der Waals surface area contributed by atoms with Crippen LogP contribution in [0.4, 0.5) is 0 Å². The summed E-state index contributed by atoms with van der Waals surface area (Å²) in [5.41, 5.74) is 1.59. The highest BCUT2D eigenvalue weighted by Gasteiger charge is 2.69. The van der Waals surface area contributed by atoms with Crippen molar-refractivity contribution in [2.75, 3.05) is 0 Å². The molecular weight excluding hydrogens is 252 g/mol. The first-order valence-corrected chi connectivity index (χ1v) is 6.72. The Kier molecular flexibility index (Phi) is 2.55. The first-order valence-electron chi connectivity index (χ1n) is 6.72. The summed E-state index contributed by atoms with van der Waals surface area (Å²) in [6.07, 6.45) is 0.656. The third-order valence-electron chi connectivity index (χ3n) is 4.49. The highest BCUT2D eigenvalue weighted by atomic mass is 16.4. The molecule has 20 heavy (non-hydrogen) atoms. The predicted octanol–water partition coefficient (Wildman–Crippen LogP) is 2.84. The van der Waals surface area contributed by atoms with Crippen LogP contribution in [-0.4, -0.2) is 20.9 Å². The monoisotopic (exact) mass is 270 g/mol. The van der Waals surface area contributed by atoms with Gasteiger partial charge >= 0.3 is 5.97 Å². The minimum Gasteiger partial charge on any atom is -0.481 e. The number of aromatic nitrogens is 2. The van der Waals surface area contributed by atoms with E-state index < -0.39 is 11.4 Å². The smallest absolute Gasteiger partial charge is 0.316 e. The lowest BCUT2D eigenvalue weighted by Gasteiger charge is -2.15. The quantitative estimate of drug-likeness (QED) is 0.933. The second kappa shape index (κ2) is 3.95. The van der Waals surface area contributed by atoms with E-state index in [-0.39, 0.29) is 5.41 Å². The maximum atomic E-state index is 11.8. The molecule has 1 fully saturated rings. The maximum Gasteiger partial charge on any atom is 0.316 e. The number of hydrogen-bond donors (Lipinski definition) is 1. The van der Waals surface area contributed by atoms with Gasteiger partial charge in [-0.1, -0.05) is 44.2 Å². The third-order valence-corrected chi connectivity index (χ3v) is 4.49. The van der Waals surface area contributed by atoms with E-state index in [0.717, 1.165) is 17.0 Å². The molecule has 0 bridgehead atoms. The zero-order valence-corrected chi connectivity index (χ0v) is 11.9. The predicted molar refractivity (Wildman–Crippen MR) is 76.4 cm³/mol. The minimum absolute atomic E-state index is 0.222. The Morgan fingerprint density at radius 3 is 2.40 bits per heavy atom. The molecule has 1 aromatic heterocycles. The van der Waals surface area contributed by atoms with Gasteiger partial charge in [-0.25, -0.2) is 0 Å². The largest absolute Gasteiger partial charge is 0.481 e. The van der Waals surface area contributed by atoms with Crippen LogP contribution in [0.1, 0.15) is 26.0 Å². The first kappa shape index (κ1) is 12.9. The van der Waals surface area contributed by atoms with Gasteiger partial charge in [0.1, 0.15) is 5.41 Å². The minimum atomic E-state index is -0.804. The van der Waals surface area contributed by atoms with E-state index in [4.69, 9.17) is 0 Å². The van der Waals surface area contributed by atoms with Crippen LogP contribution < -0.4 is 0 Å². The van der Waals surface area contributed by atoms with Gasteiger partial charge < -0.3 is 5.11 Å². The van der Waals surface area contributed by atoms with Crippen LogP contribution in [0, 0.1) is 5.41 Å². The summed E-state index contributed by atoms with van der Waals surface area (Å²) in [5, 5.41) is 14.1. The molecule has 0 radical (unpaired) electrons. The van der Waals surface area contributed by atoms with Crippen LogP contribution in [0.3, 0.4) is 0 Å². The van der Waals surface area contributed by atoms with E-state index in [0.29, 0.717) is 6.42 Å². The van der Waals surface area contributed by atoms with Crippen molar-refractivity contribution in [1.82, 2.24) is 9.78 Å². The lowest BCUT2D eigenvalue weighted by molar-refractivity contribution is -0.141. The van der Waals surface area contributed by atoms with Crippen LogP contribution in [0.2, 0.25) is 0 Å². The van der Waals surface area contributed by atoms with Gasteiger partial charge in [0, 0.05) is 12.6 Å². The molecule has 4 nitrogen and oxygen atoms in total. The number of carboxylic acids is 1. The Morgan fingerprint density at radius 1 is 1.30 bits per heavy atom. The van der Waals surface area contributed by atoms with Gasteiger partial charge in [-0.15, -0.1) is 0 Å². The lowest BCUT2D eigenvalue weighted by atomic mass is 9.91. The average molecular weight is 270 g/mol. The van der Waals surface area contributed by atoms with E-state index in [1.165, 1.54) is 0 Å². The molecule has 1 aliphatic rings. The van der Waals surface area contributed by atoms with Gasteiger partial charge in [0.2, 0.25) is 0 Å². The standard InChI is InChI=1S/C16H18N2O2/c1-15(2)10-16(15,14(19)20)13-9-12(17-18(13)3)11-7-5-4-6-8-11/h4-9H,10H2,1-3H3,(H,19,20). The van der Waals surface area contributed by atoms with Crippen LogP contribution in [-0.2, 0) is 17.3 Å². The second-order valence-corrected chi connectivity index (χ2v) is 6.18. The van der Waals surface area contributed by atoms with Crippen LogP contribution in [0.15, 0.2) is 36.4 Å². The van der Waals surface area contributed by atoms with Crippen molar-refractivity contribution in [1.29, 1.82) is 0 Å². The van der Waals surface area contributed by atoms with E-state index in [9.17, 15) is 9.90 Å². The van der Waals surface area contributed by atoms with E-state index in [1.54, 1.807) is 4.68 Å². The molecule has 3 rings (SSSR count). The van der Waals surface area contributed by atoms with Crippen molar-refractivity contribution < 1.29 is 9.90 Å². The number of rotatable bonds is 3. The summed E-state index contributed by atoms with van der Waals surface area (Å²) in [5.74, 6) is -0.759. The number of aryl methyl sites for hydroxylation is 1. The highest BCUT2D eigenvalue weighted by molar-refractivity contribution is 5.87. The summed E-state index contributed by atoms with van der Waals surface area (Å²) in [6, 6.07) is 11.7. The molecule has 0 aliphatic heterocycles. The molecule has 0 spiro atoms. The molecular formula is C16H18N2O2. The molecule has 0 saturated heterocycles. The SMILES string of the molecule is Cn1nc(-c2ccccc2)cc1C1(C(=O)O)CC1(C)C. The Morgan fingerprint density at radius 2 is 1.90 bits per heavy atom. The van der Waals surface area contributed by atoms with Crippen LogP contribution >= 0.6 is 0 Å². The van der Waals surface area contributed by atoms with Crippen molar-refractivity contribution in [3.8, 4) is 11.3 Å². The van der Waals surface area contributed by atoms with Crippen molar-refractivity contribution in [3.63, 3.8) is 0 Å². The Balaban J connectivity index is 2.09. The van der Waals surface area contributed by atoms with Crippen molar-refractivity contribution >= 4 is 5.97 Å². The van der Waals surface area contributed by atoms with Crippen LogP contribution in [0.5, 0.6) is 0 Å². The van der Waals surface area contributed by atoms with E-state index >= 15 is 0 Å². The normalized spacial score (nSPS) is 23.6. The molecule has 4 heteroatoms. The molecule has 0 amide bonds. The van der Waals surface area contributed by atoms with Crippen molar-refractivity contribution in [2.45, 2.75) is 25.7 Å². The zero-order valence-electron chi connectivity index (χ0n) is 11.9. The summed E-state index contributed by atoms with van der Waals surface area (Å²) in [7, 11) is 1.82. The fourth-order valence-corrected chi connectivity index (χ4v) is 3.15. The molecule has 1 aliphatic carbocycles. The second-order valence-electron chi connectivity index (χ2n) is 6.18. The molecule has 2 aromatic rings. The molecule has 1 heterocycles. The Bertz CT molecular complexity index is 673. The maximum absolute atomic E-state index is 11.8. The van der Waals surface area contributed by atoms with Crippen LogP contribution in [0.25, 0.3) is 11.3 Å². The summed E-state index contributed by atoms with van der Waals surface area (Å²) < 4.78 is 1.71. The third kappa shape index (κ3) is 1.60. The Hall–Kier alpha value is -2.10. The van der Waals surface area contributed by atoms with Gasteiger partial charge in [0.25, 0.3) is 0 Å². The van der Waals surface area contributed by atoms with Crippen molar-refractivity contribution in [2.24, 2.45) is 12.5 Å². The van der Waals surface area contributed by atoms with Gasteiger partial charge in [-0.2, -0.15) is 5.10 Å². The van der Waals surface area contributed by atoms with Gasteiger partial charge in [-0.05, 0) is 17.9 Å². The molecule has 1 atom stereocenters. The van der Waals surface area contributed by atoms with Crippen molar-refractivity contribution in [3.05, 3.63) is 42.1 Å². The van der Waals surface area contributed by atoms with Gasteiger partial charge in [0.05, 0.1) is 11.4 Å². The summed E-state index contributed by atoms with van der Waals surface area (Å²) in [4.78, 5) is 11.8. The van der Waals surface area contributed by atoms with E-state index in [1.807, 2.05) is 57.3 Å². The number of carboxylic acid groups (broad SMARTS) is 1. The topological polar surface area (TPSA) is 55.1 Å². The Labute approximate surface area is 118 Å². The van der Waals surface area contributed by atoms with Gasteiger partial charge in [0.15, 0.2) is 0 Å².